The van der Waals surface area contributed by atoms with Gasteiger partial charge in [0.1, 0.15) is 12.8 Å². The Balaban J connectivity index is 1.32. The number of rotatable bonds is 1. The zero-order valence-corrected chi connectivity index (χ0v) is 14.5. The molecule has 142 valence electrons. The van der Waals surface area contributed by atoms with Crippen LogP contribution in [0.3, 0.4) is 0 Å². The second-order valence-electron chi connectivity index (χ2n) is 7.75. The van der Waals surface area contributed by atoms with Crippen LogP contribution in [-0.4, -0.2) is 35.5 Å². The topological polar surface area (TPSA) is 105 Å². The summed E-state index contributed by atoms with van der Waals surface area (Å²) in [5.41, 5.74) is 0. The van der Waals surface area contributed by atoms with Crippen molar-refractivity contribution in [1.29, 1.82) is 0 Å². The van der Waals surface area contributed by atoms with E-state index in [1.165, 1.54) is 0 Å². The smallest absolute Gasteiger partial charge is 0.320 e. The number of hydrogen-bond donors (Lipinski definition) is 0. The fourth-order valence-corrected chi connectivity index (χ4v) is 4.76. The van der Waals surface area contributed by atoms with Gasteiger partial charge in [-0.1, -0.05) is 0 Å². The third-order valence-electron chi connectivity index (χ3n) is 6.03. The van der Waals surface area contributed by atoms with E-state index in [9.17, 15) is 19.2 Å². The molecule has 2 heterocycles. The molecule has 0 bridgehead atoms. The van der Waals surface area contributed by atoms with E-state index >= 15 is 0 Å². The Morgan fingerprint density at radius 1 is 0.538 bits per heavy atom. The Bertz CT molecular complexity index is 546. The summed E-state index contributed by atoms with van der Waals surface area (Å²) in [7, 11) is 0. The number of carbonyl (C=O) groups excluding carboxylic acids is 4. The van der Waals surface area contributed by atoms with E-state index in [1.807, 2.05) is 0 Å². The van der Waals surface area contributed by atoms with Crippen molar-refractivity contribution in [3.8, 4) is 0 Å². The van der Waals surface area contributed by atoms with Crippen molar-refractivity contribution >= 4 is 23.9 Å². The van der Waals surface area contributed by atoms with Crippen LogP contribution < -0.4 is 0 Å². The Morgan fingerprint density at radius 2 is 0.808 bits per heavy atom. The van der Waals surface area contributed by atoms with Crippen molar-refractivity contribution < 1.29 is 38.1 Å². The van der Waals surface area contributed by atoms with E-state index in [0.717, 1.165) is 25.7 Å². The highest BCUT2D eigenvalue weighted by Crippen LogP contribution is 2.47. The molecule has 26 heavy (non-hydrogen) atoms. The Hall–Kier alpha value is -2.12. The first-order valence-electron chi connectivity index (χ1n) is 9.24. The molecule has 0 amide bonds. The molecule has 0 radical (unpaired) electrons. The molecule has 0 aromatic carbocycles. The van der Waals surface area contributed by atoms with Gasteiger partial charge in [0.15, 0.2) is 0 Å². The van der Waals surface area contributed by atoms with Crippen molar-refractivity contribution in [2.45, 2.75) is 75.8 Å². The standard InChI is InChI=1S/C18H22O8/c19-13-9-14(20)24-17(23-13)5-1-11(2-6-17)12-3-7-18(8-4-12)25-15(21)10-16(22)26-18/h11-12H,1-10H2. The fourth-order valence-electron chi connectivity index (χ4n) is 4.76. The summed E-state index contributed by atoms with van der Waals surface area (Å²) in [5, 5.41) is 0. The summed E-state index contributed by atoms with van der Waals surface area (Å²) in [6.07, 6.45) is 4.65. The Morgan fingerprint density at radius 3 is 1.08 bits per heavy atom. The minimum atomic E-state index is -1.08. The highest BCUT2D eigenvalue weighted by Gasteiger charge is 2.50. The van der Waals surface area contributed by atoms with Gasteiger partial charge in [-0.2, -0.15) is 0 Å². The van der Waals surface area contributed by atoms with Crippen molar-refractivity contribution in [2.24, 2.45) is 11.8 Å². The van der Waals surface area contributed by atoms with Gasteiger partial charge in [-0.05, 0) is 37.5 Å². The van der Waals surface area contributed by atoms with Crippen molar-refractivity contribution in [3.63, 3.8) is 0 Å². The summed E-state index contributed by atoms with van der Waals surface area (Å²) >= 11 is 0. The molecule has 2 aliphatic carbocycles. The lowest BCUT2D eigenvalue weighted by Crippen LogP contribution is -2.50. The highest BCUT2D eigenvalue weighted by molar-refractivity contribution is 5.93. The maximum atomic E-state index is 11.5. The van der Waals surface area contributed by atoms with Gasteiger partial charge in [0.2, 0.25) is 0 Å². The van der Waals surface area contributed by atoms with E-state index in [2.05, 4.69) is 0 Å². The number of hydrogen-bond acceptors (Lipinski definition) is 8. The number of carbonyl (C=O) groups is 4. The van der Waals surface area contributed by atoms with E-state index in [1.54, 1.807) is 0 Å². The quantitative estimate of drug-likeness (QED) is 0.510. The minimum absolute atomic E-state index is 0.312. The summed E-state index contributed by atoms with van der Waals surface area (Å²) in [4.78, 5) is 46.2. The van der Waals surface area contributed by atoms with Gasteiger partial charge in [-0.25, -0.2) is 0 Å². The molecule has 2 aliphatic heterocycles. The van der Waals surface area contributed by atoms with Crippen LogP contribution in [0, 0.1) is 11.8 Å². The Kier molecular flexibility index (Phi) is 4.16. The van der Waals surface area contributed by atoms with E-state index < -0.39 is 35.5 Å². The third kappa shape index (κ3) is 3.29. The van der Waals surface area contributed by atoms with Crippen LogP contribution in [0.4, 0.5) is 0 Å². The molecule has 4 aliphatic rings. The summed E-state index contributed by atoms with van der Waals surface area (Å²) in [6.45, 7) is 0. The molecule has 0 atom stereocenters. The van der Waals surface area contributed by atoms with E-state index in [4.69, 9.17) is 18.9 Å². The molecule has 0 aromatic rings. The average Bonchev–Trinajstić information content (AvgIpc) is 2.54. The summed E-state index contributed by atoms with van der Waals surface area (Å²) in [6, 6.07) is 0. The summed E-state index contributed by atoms with van der Waals surface area (Å²) < 4.78 is 21.4. The average molecular weight is 366 g/mol. The lowest BCUT2D eigenvalue weighted by Gasteiger charge is -2.45. The first kappa shape index (κ1) is 17.3. The van der Waals surface area contributed by atoms with Crippen molar-refractivity contribution in [2.75, 3.05) is 0 Å². The first-order valence-corrected chi connectivity index (χ1v) is 9.24. The fraction of sp³-hybridized carbons (Fsp3) is 0.778. The molecule has 0 unspecified atom stereocenters. The largest absolute Gasteiger partial charge is 0.422 e. The number of ether oxygens (including phenoxy) is 4. The van der Waals surface area contributed by atoms with Crippen LogP contribution in [0.5, 0.6) is 0 Å². The molecular weight excluding hydrogens is 344 g/mol. The van der Waals surface area contributed by atoms with Crippen LogP contribution in [0.2, 0.25) is 0 Å². The van der Waals surface area contributed by atoms with Gasteiger partial charge in [0, 0.05) is 25.7 Å². The van der Waals surface area contributed by atoms with Crippen LogP contribution in [0.15, 0.2) is 0 Å². The maximum absolute atomic E-state index is 11.5. The molecule has 4 fully saturated rings. The normalized spacial score (nSPS) is 31.2. The molecule has 4 rings (SSSR count). The predicted octanol–water partition coefficient (Wildman–Crippen LogP) is 1.74. The van der Waals surface area contributed by atoms with Crippen LogP contribution >= 0.6 is 0 Å². The van der Waals surface area contributed by atoms with Gasteiger partial charge in [-0.15, -0.1) is 0 Å². The first-order chi connectivity index (χ1) is 12.4. The van der Waals surface area contributed by atoms with Gasteiger partial charge in [-0.3, -0.25) is 19.2 Å². The van der Waals surface area contributed by atoms with Gasteiger partial charge in [0.05, 0.1) is 0 Å². The monoisotopic (exact) mass is 366 g/mol. The van der Waals surface area contributed by atoms with Crippen molar-refractivity contribution in [1.82, 2.24) is 0 Å². The molecule has 2 spiro atoms. The van der Waals surface area contributed by atoms with Gasteiger partial charge >= 0.3 is 23.9 Å². The van der Waals surface area contributed by atoms with Gasteiger partial charge in [0.25, 0.3) is 11.6 Å². The second-order valence-corrected chi connectivity index (χ2v) is 7.75. The van der Waals surface area contributed by atoms with E-state index in [-0.39, 0.29) is 12.8 Å². The molecule has 0 aromatic heterocycles. The molecular formula is C18H22O8. The van der Waals surface area contributed by atoms with Crippen LogP contribution in [0.25, 0.3) is 0 Å². The maximum Gasteiger partial charge on any atom is 0.320 e. The molecule has 8 nitrogen and oxygen atoms in total. The minimum Gasteiger partial charge on any atom is -0.422 e. The molecule has 2 saturated heterocycles. The number of esters is 4. The SMILES string of the molecule is O=C1CC(=O)OC2(CCC(C3CCC4(CC3)OC(=O)CC(=O)O4)CC2)O1. The highest BCUT2D eigenvalue weighted by atomic mass is 16.8. The van der Waals surface area contributed by atoms with Crippen molar-refractivity contribution in [3.05, 3.63) is 0 Å². The second kappa shape index (κ2) is 6.25. The third-order valence-corrected chi connectivity index (χ3v) is 6.03. The Labute approximate surface area is 150 Å². The lowest BCUT2D eigenvalue weighted by molar-refractivity contribution is -0.263. The zero-order chi connectivity index (χ0) is 18.4. The molecule has 8 heteroatoms. The lowest BCUT2D eigenvalue weighted by atomic mass is 9.70. The predicted molar refractivity (Wildman–Crippen MR) is 83.0 cm³/mol. The summed E-state index contributed by atoms with van der Waals surface area (Å²) in [5.74, 6) is -3.36. The van der Waals surface area contributed by atoms with Crippen LogP contribution in [0.1, 0.15) is 64.2 Å². The molecule has 0 N–H and O–H groups in total. The zero-order valence-electron chi connectivity index (χ0n) is 14.5. The van der Waals surface area contributed by atoms with Gasteiger partial charge < -0.3 is 18.9 Å². The van der Waals surface area contributed by atoms with Crippen LogP contribution in [-0.2, 0) is 38.1 Å². The molecule has 2 saturated carbocycles. The van der Waals surface area contributed by atoms with E-state index in [0.29, 0.717) is 37.5 Å².